The Labute approximate surface area is 175 Å². The molecule has 0 spiro atoms. The Morgan fingerprint density at radius 1 is 0.933 bits per heavy atom. The van der Waals surface area contributed by atoms with E-state index < -0.39 is 24.4 Å². The van der Waals surface area contributed by atoms with Gasteiger partial charge in [0.15, 0.2) is 18.1 Å². The van der Waals surface area contributed by atoms with E-state index in [4.69, 9.17) is 18.9 Å². The summed E-state index contributed by atoms with van der Waals surface area (Å²) < 4.78 is 21.0. The molecular formula is C22H25NO7. The molecule has 2 aromatic rings. The standard InChI is InChI=1S/C22H25NO7/c1-14(2)12-29-18-10-9-15(11-19(18)28-4)22(26)30-13-20(24)23-21(25)16-7-5-6-8-17(16)27-3/h5-11,14H,12-13H2,1-4H3,(H,23,24,25). The van der Waals surface area contributed by atoms with Crippen LogP contribution in [0.15, 0.2) is 42.5 Å². The second kappa shape index (κ2) is 10.8. The van der Waals surface area contributed by atoms with Gasteiger partial charge in [-0.2, -0.15) is 0 Å². The van der Waals surface area contributed by atoms with Gasteiger partial charge in [-0.25, -0.2) is 4.79 Å². The molecule has 8 nitrogen and oxygen atoms in total. The van der Waals surface area contributed by atoms with E-state index in [0.29, 0.717) is 29.8 Å². The van der Waals surface area contributed by atoms with Crippen molar-refractivity contribution in [3.63, 3.8) is 0 Å². The second-order valence-corrected chi connectivity index (χ2v) is 6.72. The Kier molecular flexibility index (Phi) is 8.22. The maximum Gasteiger partial charge on any atom is 0.338 e. The lowest BCUT2D eigenvalue weighted by molar-refractivity contribution is -0.123. The smallest absolute Gasteiger partial charge is 0.338 e. The number of nitrogens with one attached hydrogen (secondary N) is 1. The lowest BCUT2D eigenvalue weighted by Gasteiger charge is -2.13. The molecule has 30 heavy (non-hydrogen) atoms. The number of rotatable bonds is 9. The van der Waals surface area contributed by atoms with Gasteiger partial charge >= 0.3 is 5.97 Å². The highest BCUT2D eigenvalue weighted by Crippen LogP contribution is 2.28. The van der Waals surface area contributed by atoms with Gasteiger partial charge in [0, 0.05) is 0 Å². The van der Waals surface area contributed by atoms with Crippen molar-refractivity contribution in [3.8, 4) is 17.2 Å². The highest BCUT2D eigenvalue weighted by atomic mass is 16.5. The molecule has 0 unspecified atom stereocenters. The summed E-state index contributed by atoms with van der Waals surface area (Å²) in [5, 5.41) is 2.16. The number of ether oxygens (including phenoxy) is 4. The Morgan fingerprint density at radius 3 is 2.30 bits per heavy atom. The molecular weight excluding hydrogens is 390 g/mol. The van der Waals surface area contributed by atoms with Gasteiger partial charge in [-0.3, -0.25) is 14.9 Å². The van der Waals surface area contributed by atoms with E-state index in [0.717, 1.165) is 0 Å². The number of amides is 2. The van der Waals surface area contributed by atoms with Crippen molar-refractivity contribution >= 4 is 17.8 Å². The number of carbonyl (C=O) groups is 3. The van der Waals surface area contributed by atoms with E-state index in [-0.39, 0.29) is 11.1 Å². The van der Waals surface area contributed by atoms with Crippen molar-refractivity contribution in [1.82, 2.24) is 5.32 Å². The van der Waals surface area contributed by atoms with Crippen LogP contribution in [-0.2, 0) is 9.53 Å². The molecule has 160 valence electrons. The maximum atomic E-state index is 12.2. The third-order valence-corrected chi connectivity index (χ3v) is 3.91. The van der Waals surface area contributed by atoms with Gasteiger partial charge in [0.05, 0.1) is 32.0 Å². The summed E-state index contributed by atoms with van der Waals surface area (Å²) >= 11 is 0. The molecule has 0 aliphatic rings. The Morgan fingerprint density at radius 2 is 1.63 bits per heavy atom. The summed E-state index contributed by atoms with van der Waals surface area (Å²) in [7, 11) is 2.88. The number of methoxy groups -OCH3 is 2. The minimum atomic E-state index is -0.761. The third-order valence-electron chi connectivity index (χ3n) is 3.91. The number of hydrogen-bond donors (Lipinski definition) is 1. The van der Waals surface area contributed by atoms with E-state index in [9.17, 15) is 14.4 Å². The first-order valence-corrected chi connectivity index (χ1v) is 9.30. The molecule has 8 heteroatoms. The molecule has 0 saturated heterocycles. The fourth-order valence-electron chi connectivity index (χ4n) is 2.45. The van der Waals surface area contributed by atoms with E-state index in [1.54, 1.807) is 24.3 Å². The highest BCUT2D eigenvalue weighted by molar-refractivity contribution is 6.07. The zero-order chi connectivity index (χ0) is 22.1. The molecule has 2 rings (SSSR count). The number of esters is 1. The van der Waals surface area contributed by atoms with Crippen LogP contribution in [0.3, 0.4) is 0 Å². The molecule has 2 aromatic carbocycles. The Balaban J connectivity index is 1.94. The molecule has 2 amide bonds. The number of benzene rings is 2. The van der Waals surface area contributed by atoms with E-state index in [1.807, 2.05) is 13.8 Å². The first-order valence-electron chi connectivity index (χ1n) is 9.30. The minimum absolute atomic E-state index is 0.188. The largest absolute Gasteiger partial charge is 0.496 e. The number of imide groups is 1. The average Bonchev–Trinajstić information content (AvgIpc) is 2.75. The van der Waals surface area contributed by atoms with Crippen LogP contribution in [0.25, 0.3) is 0 Å². The topological polar surface area (TPSA) is 100 Å². The molecule has 0 aliphatic carbocycles. The Bertz CT molecular complexity index is 908. The average molecular weight is 415 g/mol. The fourth-order valence-corrected chi connectivity index (χ4v) is 2.45. The van der Waals surface area contributed by atoms with Crippen LogP contribution in [0.4, 0.5) is 0 Å². The van der Waals surface area contributed by atoms with Crippen molar-refractivity contribution < 1.29 is 33.3 Å². The number of hydrogen-bond acceptors (Lipinski definition) is 7. The predicted molar refractivity (Wildman–Crippen MR) is 109 cm³/mol. The monoisotopic (exact) mass is 415 g/mol. The lowest BCUT2D eigenvalue weighted by atomic mass is 10.2. The predicted octanol–water partition coefficient (Wildman–Crippen LogP) is 2.85. The van der Waals surface area contributed by atoms with Gasteiger partial charge in [0.25, 0.3) is 11.8 Å². The van der Waals surface area contributed by atoms with Crippen LogP contribution in [-0.4, -0.2) is 45.2 Å². The van der Waals surface area contributed by atoms with Crippen molar-refractivity contribution in [2.24, 2.45) is 5.92 Å². The van der Waals surface area contributed by atoms with Crippen molar-refractivity contribution in [2.75, 3.05) is 27.4 Å². The van der Waals surface area contributed by atoms with Crippen LogP contribution < -0.4 is 19.5 Å². The SMILES string of the molecule is COc1cc(C(=O)OCC(=O)NC(=O)c2ccccc2OC)ccc1OCC(C)C. The first-order chi connectivity index (χ1) is 14.3. The summed E-state index contributed by atoms with van der Waals surface area (Å²) in [4.78, 5) is 36.4. The maximum absolute atomic E-state index is 12.2. The molecule has 0 saturated carbocycles. The lowest BCUT2D eigenvalue weighted by Crippen LogP contribution is -2.34. The quantitative estimate of drug-likeness (QED) is 0.629. The summed E-state index contributed by atoms with van der Waals surface area (Å²) in [5.74, 6) is -0.611. The normalized spacial score (nSPS) is 10.3. The summed E-state index contributed by atoms with van der Waals surface area (Å²) in [6.45, 7) is 3.91. The number of carbonyl (C=O) groups excluding carboxylic acids is 3. The molecule has 0 bridgehead atoms. The molecule has 0 fully saturated rings. The summed E-state index contributed by atoms with van der Waals surface area (Å²) in [6.07, 6.45) is 0. The van der Waals surface area contributed by atoms with Crippen molar-refractivity contribution in [2.45, 2.75) is 13.8 Å². The first kappa shape index (κ1) is 22.7. The van der Waals surface area contributed by atoms with Crippen LogP contribution in [0.5, 0.6) is 17.2 Å². The van der Waals surface area contributed by atoms with Crippen LogP contribution >= 0.6 is 0 Å². The van der Waals surface area contributed by atoms with E-state index in [1.165, 1.54) is 32.4 Å². The zero-order valence-corrected chi connectivity index (χ0v) is 17.4. The molecule has 1 N–H and O–H groups in total. The molecule has 0 heterocycles. The van der Waals surface area contributed by atoms with Crippen LogP contribution in [0.2, 0.25) is 0 Å². The molecule has 0 radical (unpaired) electrons. The van der Waals surface area contributed by atoms with E-state index in [2.05, 4.69) is 5.32 Å². The van der Waals surface area contributed by atoms with Crippen molar-refractivity contribution in [1.29, 1.82) is 0 Å². The van der Waals surface area contributed by atoms with E-state index >= 15 is 0 Å². The second-order valence-electron chi connectivity index (χ2n) is 6.72. The van der Waals surface area contributed by atoms with Gasteiger partial charge in [0.2, 0.25) is 0 Å². The van der Waals surface area contributed by atoms with Gasteiger partial charge in [-0.15, -0.1) is 0 Å². The molecule has 0 atom stereocenters. The van der Waals surface area contributed by atoms with Crippen LogP contribution in [0.1, 0.15) is 34.6 Å². The third kappa shape index (κ3) is 6.23. The van der Waals surface area contributed by atoms with Gasteiger partial charge in [-0.1, -0.05) is 26.0 Å². The molecule has 0 aliphatic heterocycles. The summed E-state index contributed by atoms with van der Waals surface area (Å²) in [6, 6.07) is 11.0. The van der Waals surface area contributed by atoms with Crippen molar-refractivity contribution in [3.05, 3.63) is 53.6 Å². The van der Waals surface area contributed by atoms with Crippen LogP contribution in [0, 0.1) is 5.92 Å². The zero-order valence-electron chi connectivity index (χ0n) is 17.4. The van der Waals surface area contributed by atoms with Gasteiger partial charge in [-0.05, 0) is 36.2 Å². The summed E-state index contributed by atoms with van der Waals surface area (Å²) in [5.41, 5.74) is 0.383. The highest BCUT2D eigenvalue weighted by Gasteiger charge is 2.17. The number of para-hydroxylation sites is 1. The Hall–Kier alpha value is -3.55. The fraction of sp³-hybridized carbons (Fsp3) is 0.318. The van der Waals surface area contributed by atoms with Gasteiger partial charge in [0.1, 0.15) is 5.75 Å². The molecule has 0 aromatic heterocycles. The van der Waals surface area contributed by atoms with Gasteiger partial charge < -0.3 is 18.9 Å². The minimum Gasteiger partial charge on any atom is -0.496 e.